The molecule has 0 atom stereocenters. The maximum atomic E-state index is 12.1. The van der Waals surface area contributed by atoms with Crippen molar-refractivity contribution in [2.24, 2.45) is 5.10 Å². The third-order valence-corrected chi connectivity index (χ3v) is 4.04. The second-order valence-corrected chi connectivity index (χ2v) is 6.23. The van der Waals surface area contributed by atoms with E-state index in [1.807, 2.05) is 0 Å². The van der Waals surface area contributed by atoms with Crippen molar-refractivity contribution in [3.63, 3.8) is 0 Å². The number of anilines is 1. The molecule has 3 rings (SSSR count). The van der Waals surface area contributed by atoms with Crippen LogP contribution in [0.4, 0.5) is 5.69 Å². The molecule has 3 aromatic rings. The van der Waals surface area contributed by atoms with Crippen molar-refractivity contribution in [1.29, 1.82) is 0 Å². The average molecular weight is 405 g/mol. The second kappa shape index (κ2) is 9.33. The quantitative estimate of drug-likeness (QED) is 0.371. The summed E-state index contributed by atoms with van der Waals surface area (Å²) in [4.78, 5) is 34.6. The van der Waals surface area contributed by atoms with Gasteiger partial charge in [-0.3, -0.25) is 9.59 Å². The highest BCUT2D eigenvalue weighted by Crippen LogP contribution is 2.22. The van der Waals surface area contributed by atoms with Crippen molar-refractivity contribution in [2.45, 2.75) is 6.92 Å². The molecule has 0 unspecified atom stereocenters. The largest absolute Gasteiger partial charge is 0.465 e. The van der Waals surface area contributed by atoms with Gasteiger partial charge in [0, 0.05) is 23.7 Å². The molecule has 0 aliphatic heterocycles. The minimum Gasteiger partial charge on any atom is -0.465 e. The molecule has 0 saturated carbocycles. The van der Waals surface area contributed by atoms with Gasteiger partial charge in [0.05, 0.1) is 18.9 Å². The summed E-state index contributed by atoms with van der Waals surface area (Å²) < 4.78 is 10.4. The monoisotopic (exact) mass is 405 g/mol. The van der Waals surface area contributed by atoms with E-state index in [1.165, 1.54) is 20.2 Å². The van der Waals surface area contributed by atoms with E-state index in [0.717, 1.165) is 5.56 Å². The molecule has 152 valence electrons. The van der Waals surface area contributed by atoms with Crippen LogP contribution >= 0.6 is 0 Å². The number of esters is 1. The molecule has 2 aromatic carbocycles. The van der Waals surface area contributed by atoms with Crippen LogP contribution in [0, 0.1) is 0 Å². The van der Waals surface area contributed by atoms with Gasteiger partial charge >= 0.3 is 5.97 Å². The Morgan fingerprint density at radius 2 is 1.60 bits per heavy atom. The van der Waals surface area contributed by atoms with Crippen LogP contribution in [0.3, 0.4) is 0 Å². The molecule has 8 nitrogen and oxygen atoms in total. The lowest BCUT2D eigenvalue weighted by Gasteiger charge is -2.03. The first kappa shape index (κ1) is 20.5. The van der Waals surface area contributed by atoms with Gasteiger partial charge in [-0.05, 0) is 48.5 Å². The number of methoxy groups -OCH3 is 1. The maximum Gasteiger partial charge on any atom is 0.337 e. The van der Waals surface area contributed by atoms with E-state index < -0.39 is 11.9 Å². The highest BCUT2D eigenvalue weighted by molar-refractivity contribution is 5.96. The Bertz CT molecular complexity index is 1080. The van der Waals surface area contributed by atoms with Gasteiger partial charge in [-0.25, -0.2) is 10.2 Å². The molecular formula is C22H19N3O5. The van der Waals surface area contributed by atoms with Gasteiger partial charge in [0.15, 0.2) is 0 Å². The van der Waals surface area contributed by atoms with E-state index in [2.05, 4.69) is 20.6 Å². The molecule has 0 aliphatic rings. The standard InChI is InChI=1S/C22H19N3O5/c1-14(26)24-18-9-7-16(8-10-18)21(27)25-23-13-19-11-12-20(30-19)15-3-5-17(6-4-15)22(28)29-2/h3-13H,1-2H3,(H,24,26)(H,25,27)/b23-13-. The molecule has 0 radical (unpaired) electrons. The Morgan fingerprint density at radius 1 is 0.933 bits per heavy atom. The van der Waals surface area contributed by atoms with E-state index in [4.69, 9.17) is 4.42 Å². The second-order valence-electron chi connectivity index (χ2n) is 6.23. The van der Waals surface area contributed by atoms with Gasteiger partial charge in [-0.15, -0.1) is 0 Å². The number of hydrazone groups is 1. The Kier molecular flexibility index (Phi) is 6.39. The van der Waals surface area contributed by atoms with Crippen molar-refractivity contribution in [1.82, 2.24) is 5.43 Å². The van der Waals surface area contributed by atoms with Crippen LogP contribution in [0.1, 0.15) is 33.4 Å². The van der Waals surface area contributed by atoms with Crippen molar-refractivity contribution < 1.29 is 23.5 Å². The molecule has 0 aliphatic carbocycles. The lowest BCUT2D eigenvalue weighted by molar-refractivity contribution is -0.114. The number of rotatable bonds is 6. The summed E-state index contributed by atoms with van der Waals surface area (Å²) in [5.74, 6) is 0.0465. The zero-order chi connectivity index (χ0) is 21.5. The van der Waals surface area contributed by atoms with Crippen molar-refractivity contribution in [2.75, 3.05) is 12.4 Å². The van der Waals surface area contributed by atoms with Crippen molar-refractivity contribution in [3.8, 4) is 11.3 Å². The number of nitrogens with one attached hydrogen (secondary N) is 2. The molecule has 1 heterocycles. The van der Waals surface area contributed by atoms with E-state index >= 15 is 0 Å². The number of ether oxygens (including phenoxy) is 1. The summed E-state index contributed by atoms with van der Waals surface area (Å²) >= 11 is 0. The summed E-state index contributed by atoms with van der Waals surface area (Å²) in [5, 5.41) is 6.52. The smallest absolute Gasteiger partial charge is 0.337 e. The summed E-state index contributed by atoms with van der Waals surface area (Å²) in [7, 11) is 1.33. The van der Waals surface area contributed by atoms with Gasteiger partial charge in [0.1, 0.15) is 11.5 Å². The maximum absolute atomic E-state index is 12.1. The van der Waals surface area contributed by atoms with E-state index in [-0.39, 0.29) is 5.91 Å². The Hall–Kier alpha value is -4.20. The van der Waals surface area contributed by atoms with Crippen molar-refractivity contribution >= 4 is 29.7 Å². The predicted molar refractivity (Wildman–Crippen MR) is 111 cm³/mol. The molecule has 2 amide bonds. The van der Waals surface area contributed by atoms with Crippen LogP contribution in [0.25, 0.3) is 11.3 Å². The van der Waals surface area contributed by atoms with Gasteiger partial charge in [-0.2, -0.15) is 5.10 Å². The van der Waals surface area contributed by atoms with E-state index in [0.29, 0.717) is 28.3 Å². The number of hydrogen-bond donors (Lipinski definition) is 2. The molecular weight excluding hydrogens is 386 g/mol. The number of carbonyl (C=O) groups is 3. The van der Waals surface area contributed by atoms with Gasteiger partial charge < -0.3 is 14.5 Å². The molecule has 0 fully saturated rings. The first-order valence-corrected chi connectivity index (χ1v) is 8.96. The molecule has 30 heavy (non-hydrogen) atoms. The van der Waals surface area contributed by atoms with Crippen LogP contribution in [-0.4, -0.2) is 31.1 Å². The lowest BCUT2D eigenvalue weighted by atomic mass is 10.1. The number of furan rings is 1. The fourth-order valence-electron chi connectivity index (χ4n) is 2.59. The van der Waals surface area contributed by atoms with Gasteiger partial charge in [0.25, 0.3) is 5.91 Å². The molecule has 2 N–H and O–H groups in total. The minimum absolute atomic E-state index is 0.186. The number of hydrogen-bond acceptors (Lipinski definition) is 6. The lowest BCUT2D eigenvalue weighted by Crippen LogP contribution is -2.17. The number of amides is 2. The summed E-state index contributed by atoms with van der Waals surface area (Å²) in [5.41, 5.74) is 4.64. The number of carbonyl (C=O) groups excluding carboxylic acids is 3. The Labute approximate surface area is 172 Å². The van der Waals surface area contributed by atoms with Crippen LogP contribution < -0.4 is 10.7 Å². The number of nitrogens with zero attached hydrogens (tertiary/aromatic N) is 1. The molecule has 8 heteroatoms. The first-order valence-electron chi connectivity index (χ1n) is 8.96. The number of benzene rings is 2. The zero-order valence-corrected chi connectivity index (χ0v) is 16.3. The van der Waals surface area contributed by atoms with Crippen molar-refractivity contribution in [3.05, 3.63) is 77.6 Å². The highest BCUT2D eigenvalue weighted by Gasteiger charge is 2.08. The van der Waals surface area contributed by atoms with Gasteiger partial charge in [0.2, 0.25) is 5.91 Å². The Balaban J connectivity index is 1.59. The van der Waals surface area contributed by atoms with Gasteiger partial charge in [-0.1, -0.05) is 12.1 Å². The minimum atomic E-state index is -0.408. The predicted octanol–water partition coefficient (Wildman–Crippen LogP) is 3.46. The third-order valence-electron chi connectivity index (χ3n) is 4.04. The topological polar surface area (TPSA) is 110 Å². The average Bonchev–Trinajstić information content (AvgIpc) is 3.22. The SMILES string of the molecule is COC(=O)c1ccc(-c2ccc(/C=N\NC(=O)c3ccc(NC(C)=O)cc3)o2)cc1. The normalized spacial score (nSPS) is 10.6. The van der Waals surface area contributed by atoms with Crippen LogP contribution in [0.15, 0.2) is 70.2 Å². The van der Waals surface area contributed by atoms with Crippen LogP contribution in [0.2, 0.25) is 0 Å². The highest BCUT2D eigenvalue weighted by atomic mass is 16.5. The van der Waals surface area contributed by atoms with Crippen LogP contribution in [-0.2, 0) is 9.53 Å². The zero-order valence-electron chi connectivity index (χ0n) is 16.3. The van der Waals surface area contributed by atoms with E-state index in [9.17, 15) is 14.4 Å². The molecule has 1 aromatic heterocycles. The fraction of sp³-hybridized carbons (Fsp3) is 0.0909. The Morgan fingerprint density at radius 3 is 2.23 bits per heavy atom. The first-order chi connectivity index (χ1) is 14.5. The summed E-state index contributed by atoms with van der Waals surface area (Å²) in [6, 6.07) is 16.7. The molecule has 0 saturated heterocycles. The summed E-state index contributed by atoms with van der Waals surface area (Å²) in [6.07, 6.45) is 1.38. The van der Waals surface area contributed by atoms with Crippen LogP contribution in [0.5, 0.6) is 0 Å². The molecule has 0 spiro atoms. The third kappa shape index (κ3) is 5.20. The summed E-state index contributed by atoms with van der Waals surface area (Å²) in [6.45, 7) is 1.41. The van der Waals surface area contributed by atoms with E-state index in [1.54, 1.807) is 60.7 Å². The fourth-order valence-corrected chi connectivity index (χ4v) is 2.59. The molecule has 0 bridgehead atoms.